The normalized spacial score (nSPS) is 13.8. The number of alkyl carbamates (subject to hydrolysis) is 1. The molecule has 0 aromatic rings. The molecule has 15 heteroatoms. The summed E-state index contributed by atoms with van der Waals surface area (Å²) in [5, 5.41) is 12.6. The molecular formula is C30H51N5O10. The van der Waals surface area contributed by atoms with Crippen LogP contribution >= 0.6 is 0 Å². The van der Waals surface area contributed by atoms with Gasteiger partial charge in [0, 0.05) is 0 Å². The zero-order valence-electron chi connectivity index (χ0n) is 27.7. The Morgan fingerprint density at radius 2 is 1.13 bits per heavy atom. The molecule has 0 aliphatic heterocycles. The average Bonchev–Trinajstić information content (AvgIpc) is 2.94. The first-order chi connectivity index (χ1) is 21.0. The molecule has 0 bridgehead atoms. The van der Waals surface area contributed by atoms with E-state index in [1.807, 2.05) is 0 Å². The summed E-state index contributed by atoms with van der Waals surface area (Å²) in [6, 6.07) is -4.67. The highest BCUT2D eigenvalue weighted by Gasteiger charge is 2.34. The fourth-order valence-corrected chi connectivity index (χ4v) is 3.54. The second-order valence-corrected chi connectivity index (χ2v) is 11.7. The Kier molecular flexibility index (Phi) is 19.0. The third-order valence-electron chi connectivity index (χ3n) is 5.81. The summed E-state index contributed by atoms with van der Waals surface area (Å²) in [5.74, 6) is -4.37. The van der Waals surface area contributed by atoms with Crippen LogP contribution < -0.4 is 26.6 Å². The maximum absolute atomic E-state index is 13.4. The monoisotopic (exact) mass is 641 g/mol. The molecular weight excluding hydrogens is 590 g/mol. The lowest BCUT2D eigenvalue weighted by Crippen LogP contribution is -2.61. The van der Waals surface area contributed by atoms with Crippen molar-refractivity contribution in [3.63, 3.8) is 0 Å². The fraction of sp³-hybridized carbons (Fsp3) is 0.667. The van der Waals surface area contributed by atoms with Gasteiger partial charge in [0.1, 0.15) is 36.3 Å². The van der Waals surface area contributed by atoms with Crippen molar-refractivity contribution >= 4 is 35.7 Å². The summed E-state index contributed by atoms with van der Waals surface area (Å²) < 4.78 is 20.5. The number of carbonyl (C=O) groups is 6. The van der Waals surface area contributed by atoms with Crippen LogP contribution in [0.2, 0.25) is 0 Å². The Hall–Kier alpha value is -3.98. The van der Waals surface area contributed by atoms with Gasteiger partial charge in [-0.05, 0) is 32.6 Å². The minimum atomic E-state index is -1.21. The number of amides is 5. The van der Waals surface area contributed by atoms with Gasteiger partial charge in [-0.3, -0.25) is 24.0 Å². The fourth-order valence-electron chi connectivity index (χ4n) is 3.54. The summed E-state index contributed by atoms with van der Waals surface area (Å²) in [6.45, 7) is 18.2. The van der Waals surface area contributed by atoms with Gasteiger partial charge in [0.15, 0.2) is 0 Å². The largest absolute Gasteiger partial charge is 0.468 e. The maximum atomic E-state index is 13.4. The SMILES string of the molecule is C=CCOC[C@H](NC(=O)OC(C)(C)C)C(=O)N[C@H](C(=O)N[C@H](C(=O)N[C@@H](COCC=C)C(=O)NCC(=O)OC)C(C)C)C(C)C. The molecule has 256 valence electrons. The summed E-state index contributed by atoms with van der Waals surface area (Å²) >= 11 is 0. The molecule has 5 amide bonds. The smallest absolute Gasteiger partial charge is 0.408 e. The van der Waals surface area contributed by atoms with Gasteiger partial charge in [0.05, 0.1) is 33.5 Å². The first-order valence-corrected chi connectivity index (χ1v) is 14.6. The summed E-state index contributed by atoms with van der Waals surface area (Å²) in [5.41, 5.74) is -0.821. The number of hydrogen-bond donors (Lipinski definition) is 5. The molecule has 0 spiro atoms. The van der Waals surface area contributed by atoms with Crippen molar-refractivity contribution in [1.82, 2.24) is 26.6 Å². The van der Waals surface area contributed by atoms with Crippen LogP contribution in [-0.2, 0) is 42.9 Å². The highest BCUT2D eigenvalue weighted by molar-refractivity contribution is 5.96. The molecule has 0 saturated carbocycles. The van der Waals surface area contributed by atoms with E-state index in [0.717, 1.165) is 7.11 Å². The molecule has 5 N–H and O–H groups in total. The van der Waals surface area contributed by atoms with E-state index in [9.17, 15) is 28.8 Å². The van der Waals surface area contributed by atoms with Crippen molar-refractivity contribution in [3.05, 3.63) is 25.3 Å². The second-order valence-electron chi connectivity index (χ2n) is 11.7. The van der Waals surface area contributed by atoms with Crippen molar-refractivity contribution in [2.45, 2.75) is 78.2 Å². The van der Waals surface area contributed by atoms with Gasteiger partial charge < -0.3 is 45.5 Å². The van der Waals surface area contributed by atoms with E-state index in [4.69, 9.17) is 14.2 Å². The zero-order chi connectivity index (χ0) is 34.7. The van der Waals surface area contributed by atoms with Gasteiger partial charge in [-0.25, -0.2) is 4.79 Å². The Morgan fingerprint density at radius 1 is 0.689 bits per heavy atom. The van der Waals surface area contributed by atoms with Gasteiger partial charge >= 0.3 is 12.1 Å². The number of ether oxygens (including phenoxy) is 4. The quantitative estimate of drug-likeness (QED) is 0.0702. The standard InChI is InChI=1S/C30H51N5O10/c1-11-13-43-16-20(25(37)31-15-22(36)42-10)32-27(39)23(18(3)4)35-28(40)24(19(5)6)34-26(38)21(17-44-14-12-2)33-29(41)45-30(7,8)9/h11-12,18-21,23-24H,1-2,13-17H2,3-10H3,(H,31,37)(H,32,39)(H,33,41)(H,34,38)(H,35,40)/t20-,21-,23-,24-/m0/s1. The van der Waals surface area contributed by atoms with Crippen molar-refractivity contribution in [2.24, 2.45) is 11.8 Å². The van der Waals surface area contributed by atoms with E-state index in [1.54, 1.807) is 48.5 Å². The molecule has 4 atom stereocenters. The van der Waals surface area contributed by atoms with Gasteiger partial charge in [0.25, 0.3) is 0 Å². The van der Waals surface area contributed by atoms with Crippen LogP contribution in [0.1, 0.15) is 48.5 Å². The average molecular weight is 642 g/mol. The lowest BCUT2D eigenvalue weighted by molar-refractivity contribution is -0.141. The minimum absolute atomic E-state index is 0.0964. The van der Waals surface area contributed by atoms with Crippen LogP contribution in [-0.4, -0.2) is 106 Å². The molecule has 45 heavy (non-hydrogen) atoms. The van der Waals surface area contributed by atoms with Gasteiger partial charge in [-0.15, -0.1) is 13.2 Å². The number of esters is 1. The Morgan fingerprint density at radius 3 is 1.56 bits per heavy atom. The van der Waals surface area contributed by atoms with E-state index < -0.39 is 83.8 Å². The summed E-state index contributed by atoms with van der Waals surface area (Å²) in [6.07, 6.45) is 2.08. The van der Waals surface area contributed by atoms with E-state index in [2.05, 4.69) is 44.5 Å². The van der Waals surface area contributed by atoms with Gasteiger partial charge in [-0.2, -0.15) is 0 Å². The number of hydrogen-bond acceptors (Lipinski definition) is 10. The highest BCUT2D eigenvalue weighted by atomic mass is 16.6. The molecule has 0 saturated heterocycles. The Balaban J connectivity index is 5.81. The molecule has 0 aromatic heterocycles. The van der Waals surface area contributed by atoms with E-state index in [1.165, 1.54) is 12.2 Å². The van der Waals surface area contributed by atoms with E-state index in [0.29, 0.717) is 0 Å². The number of methoxy groups -OCH3 is 1. The molecule has 0 fully saturated rings. The van der Waals surface area contributed by atoms with Crippen molar-refractivity contribution < 1.29 is 47.7 Å². The number of rotatable bonds is 20. The van der Waals surface area contributed by atoms with Crippen LogP contribution in [0.5, 0.6) is 0 Å². The first-order valence-electron chi connectivity index (χ1n) is 14.6. The van der Waals surface area contributed by atoms with Crippen LogP contribution in [0.3, 0.4) is 0 Å². The maximum Gasteiger partial charge on any atom is 0.408 e. The highest BCUT2D eigenvalue weighted by Crippen LogP contribution is 2.09. The lowest BCUT2D eigenvalue weighted by Gasteiger charge is -2.29. The van der Waals surface area contributed by atoms with Crippen LogP contribution in [0.15, 0.2) is 25.3 Å². The Labute approximate surface area is 265 Å². The van der Waals surface area contributed by atoms with E-state index in [-0.39, 0.29) is 26.4 Å². The summed E-state index contributed by atoms with van der Waals surface area (Å²) in [4.78, 5) is 76.6. The molecule has 0 radical (unpaired) electrons. The molecule has 0 aliphatic rings. The van der Waals surface area contributed by atoms with Crippen LogP contribution in [0, 0.1) is 11.8 Å². The third kappa shape index (κ3) is 17.2. The lowest BCUT2D eigenvalue weighted by atomic mass is 9.99. The Bertz CT molecular complexity index is 1030. The third-order valence-corrected chi connectivity index (χ3v) is 5.81. The minimum Gasteiger partial charge on any atom is -0.468 e. The number of nitrogens with one attached hydrogen (secondary N) is 5. The van der Waals surface area contributed by atoms with E-state index >= 15 is 0 Å². The first kappa shape index (κ1) is 41.0. The van der Waals surface area contributed by atoms with Crippen molar-refractivity contribution in [3.8, 4) is 0 Å². The predicted octanol–water partition coefficient (Wildman–Crippen LogP) is 0.341. The molecule has 0 aliphatic carbocycles. The molecule has 0 rings (SSSR count). The molecule has 0 unspecified atom stereocenters. The number of carbonyl (C=O) groups excluding carboxylic acids is 6. The molecule has 15 nitrogen and oxygen atoms in total. The van der Waals surface area contributed by atoms with Crippen LogP contribution in [0.4, 0.5) is 4.79 Å². The van der Waals surface area contributed by atoms with Gasteiger partial charge in [0.2, 0.25) is 23.6 Å². The van der Waals surface area contributed by atoms with Crippen molar-refractivity contribution in [2.75, 3.05) is 40.1 Å². The molecule has 0 heterocycles. The van der Waals surface area contributed by atoms with Gasteiger partial charge in [-0.1, -0.05) is 39.8 Å². The zero-order valence-corrected chi connectivity index (χ0v) is 27.7. The summed E-state index contributed by atoms with van der Waals surface area (Å²) in [7, 11) is 1.16. The van der Waals surface area contributed by atoms with Crippen molar-refractivity contribution in [1.29, 1.82) is 0 Å². The molecule has 0 aromatic carbocycles. The van der Waals surface area contributed by atoms with Crippen LogP contribution in [0.25, 0.3) is 0 Å². The second kappa shape index (κ2) is 20.9. The predicted molar refractivity (Wildman–Crippen MR) is 166 cm³/mol. The topological polar surface area (TPSA) is 199 Å².